The van der Waals surface area contributed by atoms with E-state index in [4.69, 9.17) is 0 Å². The van der Waals surface area contributed by atoms with Gasteiger partial charge in [0.05, 0.1) is 0 Å². The van der Waals surface area contributed by atoms with Crippen molar-refractivity contribution in [2.75, 3.05) is 0 Å². The third-order valence-electron chi connectivity index (χ3n) is 2.41. The first kappa shape index (κ1) is 12.3. The zero-order valence-electron chi connectivity index (χ0n) is 8.77. The molecule has 2 heteroatoms. The molecule has 0 spiro atoms. The van der Waals surface area contributed by atoms with E-state index in [0.717, 1.165) is 0 Å². The summed E-state index contributed by atoms with van der Waals surface area (Å²) < 4.78 is 3.14. The standard InChI is InChI=1S/2C6H5.CH3.H2O.Sn/c2*1-2-4-6-5-3-1;;;/h2*1-5H;1H3;1H2;. The maximum atomic E-state index is 2.44. The molecule has 77 valence electrons. The summed E-state index contributed by atoms with van der Waals surface area (Å²) in [5.74, 6) is 0. The molecular weight excluding hydrogens is 291 g/mol. The van der Waals surface area contributed by atoms with Gasteiger partial charge in [-0.15, -0.1) is 0 Å². The van der Waals surface area contributed by atoms with Gasteiger partial charge >= 0.3 is 92.5 Å². The summed E-state index contributed by atoms with van der Waals surface area (Å²) in [6.07, 6.45) is 0. The van der Waals surface area contributed by atoms with Crippen LogP contribution in [0.1, 0.15) is 0 Å². The van der Waals surface area contributed by atoms with Crippen molar-refractivity contribution >= 4 is 26.9 Å². The molecule has 0 saturated heterocycles. The summed E-state index contributed by atoms with van der Waals surface area (Å²) in [5.41, 5.74) is 0. The molecule has 0 aliphatic carbocycles. The molecule has 0 unspecified atom stereocenters. The molecule has 0 aromatic heterocycles. The minimum atomic E-state index is -1.50. The van der Waals surface area contributed by atoms with Crippen molar-refractivity contribution in [2.24, 2.45) is 0 Å². The van der Waals surface area contributed by atoms with E-state index in [0.29, 0.717) is 0 Å². The third kappa shape index (κ3) is 3.08. The fourth-order valence-electron chi connectivity index (χ4n) is 1.54. The number of hydrogen-bond acceptors (Lipinski definition) is 0. The van der Waals surface area contributed by atoms with Crippen molar-refractivity contribution in [3.63, 3.8) is 0 Å². The molecule has 1 nitrogen and oxygen atoms in total. The molecule has 2 aromatic rings. The monoisotopic (exact) mass is 307 g/mol. The van der Waals surface area contributed by atoms with Gasteiger partial charge in [-0.3, -0.25) is 0 Å². The molecule has 2 N–H and O–H groups in total. The number of hydrogen-bond donors (Lipinski definition) is 0. The van der Waals surface area contributed by atoms with Crippen molar-refractivity contribution in [3.8, 4) is 0 Å². The Hall–Kier alpha value is -0.801. The molecule has 0 bridgehead atoms. The van der Waals surface area contributed by atoms with Gasteiger partial charge in [-0.05, 0) is 0 Å². The molecule has 0 fully saturated rings. The number of rotatable bonds is 2. The SMILES string of the molecule is O.[CH3][Sn]([c]1ccccc1)[c]1ccccc1. The fourth-order valence-corrected chi connectivity index (χ4v) is 6.45. The normalized spacial score (nSPS) is 9.73. The summed E-state index contributed by atoms with van der Waals surface area (Å²) in [7, 11) is 0. The van der Waals surface area contributed by atoms with Gasteiger partial charge in [-0.25, -0.2) is 0 Å². The van der Waals surface area contributed by atoms with Crippen molar-refractivity contribution in [2.45, 2.75) is 4.94 Å². The zero-order valence-corrected chi connectivity index (χ0v) is 11.6. The van der Waals surface area contributed by atoms with Gasteiger partial charge in [0.2, 0.25) is 0 Å². The Labute approximate surface area is 97.8 Å². The Kier molecular flexibility index (Phi) is 4.85. The van der Waals surface area contributed by atoms with Crippen LogP contribution in [0.5, 0.6) is 0 Å². The molecule has 0 aliphatic rings. The van der Waals surface area contributed by atoms with Crippen LogP contribution in [0.25, 0.3) is 0 Å². The van der Waals surface area contributed by atoms with Crippen molar-refractivity contribution in [1.29, 1.82) is 0 Å². The first-order valence-corrected chi connectivity index (χ1v) is 10.5. The molecule has 1 radical (unpaired) electrons. The summed E-state index contributed by atoms with van der Waals surface area (Å²) in [5, 5.41) is 0. The maximum absolute atomic E-state index is 2.44. The Bertz CT molecular complexity index is 346. The molecule has 0 aliphatic heterocycles. The zero-order chi connectivity index (χ0) is 9.80. The van der Waals surface area contributed by atoms with E-state index < -0.39 is 19.8 Å². The average molecular weight is 306 g/mol. The first-order valence-electron chi connectivity index (χ1n) is 4.82. The molecule has 2 aromatic carbocycles. The van der Waals surface area contributed by atoms with E-state index in [1.807, 2.05) is 0 Å². The predicted octanol–water partition coefficient (Wildman–Crippen LogP) is 1.10. The quantitative estimate of drug-likeness (QED) is 0.744. The van der Waals surface area contributed by atoms with Crippen molar-refractivity contribution in [1.82, 2.24) is 0 Å². The van der Waals surface area contributed by atoms with E-state index in [9.17, 15) is 0 Å². The third-order valence-corrected chi connectivity index (χ3v) is 9.26. The molecule has 15 heavy (non-hydrogen) atoms. The Balaban J connectivity index is 0.00000112. The second kappa shape index (κ2) is 5.93. The van der Waals surface area contributed by atoms with Crippen LogP contribution in [0.2, 0.25) is 4.94 Å². The number of benzene rings is 2. The van der Waals surface area contributed by atoms with E-state index in [1.54, 1.807) is 7.16 Å². The van der Waals surface area contributed by atoms with E-state index in [1.165, 1.54) is 0 Å². The first-order chi connectivity index (χ1) is 6.88. The molecule has 0 heterocycles. The Morgan fingerprint density at radius 1 is 0.667 bits per heavy atom. The van der Waals surface area contributed by atoms with Gasteiger partial charge in [0.15, 0.2) is 0 Å². The average Bonchev–Trinajstić information content (AvgIpc) is 2.30. The van der Waals surface area contributed by atoms with Gasteiger partial charge in [0.25, 0.3) is 0 Å². The van der Waals surface area contributed by atoms with Crippen molar-refractivity contribution < 1.29 is 5.48 Å². The summed E-state index contributed by atoms with van der Waals surface area (Å²) in [4.78, 5) is 2.44. The van der Waals surface area contributed by atoms with Crippen LogP contribution in [-0.2, 0) is 0 Å². The Morgan fingerprint density at radius 3 is 1.33 bits per heavy atom. The van der Waals surface area contributed by atoms with Crippen LogP contribution < -0.4 is 7.16 Å². The van der Waals surface area contributed by atoms with E-state index >= 15 is 0 Å². The summed E-state index contributed by atoms with van der Waals surface area (Å²) in [6, 6.07) is 21.8. The van der Waals surface area contributed by atoms with E-state index in [-0.39, 0.29) is 5.48 Å². The second-order valence-electron chi connectivity index (χ2n) is 3.36. The Morgan fingerprint density at radius 2 is 1.00 bits per heavy atom. The molecular formula is C13H15OSn. The van der Waals surface area contributed by atoms with Crippen molar-refractivity contribution in [3.05, 3.63) is 60.7 Å². The van der Waals surface area contributed by atoms with Gasteiger partial charge in [-0.1, -0.05) is 0 Å². The van der Waals surface area contributed by atoms with Gasteiger partial charge in [-0.2, -0.15) is 0 Å². The molecule has 0 amide bonds. The van der Waals surface area contributed by atoms with Gasteiger partial charge < -0.3 is 5.48 Å². The molecule has 2 rings (SSSR count). The van der Waals surface area contributed by atoms with Crippen LogP contribution in [0, 0.1) is 0 Å². The van der Waals surface area contributed by atoms with Crippen LogP contribution in [0.15, 0.2) is 60.7 Å². The van der Waals surface area contributed by atoms with E-state index in [2.05, 4.69) is 65.6 Å². The minimum absolute atomic E-state index is 0. The summed E-state index contributed by atoms with van der Waals surface area (Å²) in [6.45, 7) is 0. The fraction of sp³-hybridized carbons (Fsp3) is 0.0769. The predicted molar refractivity (Wildman–Crippen MR) is 67.4 cm³/mol. The second-order valence-corrected chi connectivity index (χ2v) is 10.2. The van der Waals surface area contributed by atoms with Crippen LogP contribution >= 0.6 is 0 Å². The summed E-state index contributed by atoms with van der Waals surface area (Å²) >= 11 is -1.50. The van der Waals surface area contributed by atoms with Crippen LogP contribution in [0.4, 0.5) is 0 Å². The van der Waals surface area contributed by atoms with Gasteiger partial charge in [0.1, 0.15) is 0 Å². The molecule has 0 atom stereocenters. The van der Waals surface area contributed by atoms with Crippen LogP contribution in [0.3, 0.4) is 0 Å². The topological polar surface area (TPSA) is 31.5 Å². The van der Waals surface area contributed by atoms with Gasteiger partial charge in [0, 0.05) is 0 Å². The molecule has 0 saturated carbocycles. The van der Waals surface area contributed by atoms with Crippen LogP contribution in [-0.4, -0.2) is 25.2 Å².